The number of aryl methyl sites for hydroxylation is 1. The Bertz CT molecular complexity index is 445. The second-order valence-corrected chi connectivity index (χ2v) is 5.57. The number of nitrogens with one attached hydrogen (secondary N) is 1. The molecular formula is C17H24N2O. The predicted molar refractivity (Wildman–Crippen MR) is 82.4 cm³/mol. The minimum atomic E-state index is 0.171. The number of amides is 1. The summed E-state index contributed by atoms with van der Waals surface area (Å²) in [4.78, 5) is 14.3. The van der Waals surface area contributed by atoms with E-state index in [9.17, 15) is 4.79 Å². The van der Waals surface area contributed by atoms with Gasteiger partial charge in [0.2, 0.25) is 5.91 Å². The number of piperidine rings is 1. The highest BCUT2D eigenvalue weighted by molar-refractivity contribution is 5.78. The minimum absolute atomic E-state index is 0.171. The monoisotopic (exact) mass is 272 g/mol. The summed E-state index contributed by atoms with van der Waals surface area (Å²) in [6, 6.07) is 8.70. The van der Waals surface area contributed by atoms with Crippen molar-refractivity contribution in [3.05, 3.63) is 48.0 Å². The molecule has 1 amide bonds. The van der Waals surface area contributed by atoms with Gasteiger partial charge in [-0.3, -0.25) is 9.69 Å². The molecule has 0 bridgehead atoms. The molecule has 0 atom stereocenters. The van der Waals surface area contributed by atoms with E-state index in [0.717, 1.165) is 32.5 Å². The number of hydrogen-bond donors (Lipinski definition) is 1. The van der Waals surface area contributed by atoms with Crippen LogP contribution in [-0.2, 0) is 11.3 Å². The largest absolute Gasteiger partial charge is 0.352 e. The molecule has 0 aromatic heterocycles. The minimum Gasteiger partial charge on any atom is -0.352 e. The molecule has 0 aliphatic carbocycles. The van der Waals surface area contributed by atoms with Crippen LogP contribution in [0.4, 0.5) is 0 Å². The van der Waals surface area contributed by atoms with Crippen LogP contribution < -0.4 is 5.32 Å². The number of nitrogens with zero attached hydrogens (tertiary/aromatic N) is 1. The molecule has 1 aliphatic rings. The maximum absolute atomic E-state index is 11.9. The van der Waals surface area contributed by atoms with Gasteiger partial charge in [0.25, 0.3) is 0 Å². The maximum Gasteiger partial charge on any atom is 0.223 e. The lowest BCUT2D eigenvalue weighted by atomic mass is 9.95. The molecule has 3 nitrogen and oxygen atoms in total. The van der Waals surface area contributed by atoms with Gasteiger partial charge in [0.1, 0.15) is 0 Å². The molecule has 3 heteroatoms. The molecule has 1 aromatic rings. The van der Waals surface area contributed by atoms with Gasteiger partial charge >= 0.3 is 0 Å². The zero-order valence-corrected chi connectivity index (χ0v) is 12.3. The number of rotatable bonds is 5. The van der Waals surface area contributed by atoms with E-state index >= 15 is 0 Å². The zero-order chi connectivity index (χ0) is 14.4. The first kappa shape index (κ1) is 14.8. The number of carbonyl (C=O) groups excluding carboxylic acids is 1. The Morgan fingerprint density at radius 1 is 1.35 bits per heavy atom. The van der Waals surface area contributed by atoms with Crippen LogP contribution >= 0.6 is 0 Å². The van der Waals surface area contributed by atoms with Crippen molar-refractivity contribution in [3.63, 3.8) is 0 Å². The van der Waals surface area contributed by atoms with Crippen molar-refractivity contribution < 1.29 is 4.79 Å². The molecule has 0 unspecified atom stereocenters. The fourth-order valence-corrected chi connectivity index (χ4v) is 2.62. The third kappa shape index (κ3) is 4.20. The van der Waals surface area contributed by atoms with Crippen LogP contribution in [0, 0.1) is 12.8 Å². The summed E-state index contributed by atoms with van der Waals surface area (Å²) in [5, 5.41) is 2.90. The van der Waals surface area contributed by atoms with Gasteiger partial charge in [0, 0.05) is 19.0 Å². The van der Waals surface area contributed by atoms with E-state index in [1.165, 1.54) is 11.1 Å². The normalized spacial score (nSPS) is 16.9. The van der Waals surface area contributed by atoms with Gasteiger partial charge in [-0.2, -0.15) is 0 Å². The quantitative estimate of drug-likeness (QED) is 0.835. The molecule has 1 fully saturated rings. The topological polar surface area (TPSA) is 32.3 Å². The van der Waals surface area contributed by atoms with E-state index < -0.39 is 0 Å². The van der Waals surface area contributed by atoms with Crippen molar-refractivity contribution >= 4 is 5.91 Å². The Morgan fingerprint density at radius 3 is 2.60 bits per heavy atom. The molecule has 0 radical (unpaired) electrons. The summed E-state index contributed by atoms with van der Waals surface area (Å²) in [6.45, 7) is 9.29. The Morgan fingerprint density at radius 2 is 2.00 bits per heavy atom. The van der Waals surface area contributed by atoms with Crippen LogP contribution in [0.2, 0.25) is 0 Å². The first-order valence-corrected chi connectivity index (χ1v) is 7.35. The van der Waals surface area contributed by atoms with Crippen LogP contribution in [0.5, 0.6) is 0 Å². The van der Waals surface area contributed by atoms with Gasteiger partial charge in [-0.1, -0.05) is 35.9 Å². The van der Waals surface area contributed by atoms with Gasteiger partial charge in [0.05, 0.1) is 0 Å². The van der Waals surface area contributed by atoms with Crippen LogP contribution in [0.25, 0.3) is 0 Å². The van der Waals surface area contributed by atoms with Gasteiger partial charge in [-0.15, -0.1) is 6.58 Å². The molecule has 0 saturated carbocycles. The fraction of sp³-hybridized carbons (Fsp3) is 0.471. The average molecular weight is 272 g/mol. The van der Waals surface area contributed by atoms with E-state index in [4.69, 9.17) is 0 Å². The summed E-state index contributed by atoms with van der Waals surface area (Å²) >= 11 is 0. The predicted octanol–water partition coefficient (Wildman–Crippen LogP) is 2.51. The Hall–Kier alpha value is -1.61. The number of carbonyl (C=O) groups is 1. The van der Waals surface area contributed by atoms with Crippen LogP contribution in [0.15, 0.2) is 36.9 Å². The van der Waals surface area contributed by atoms with Gasteiger partial charge in [0.15, 0.2) is 0 Å². The second-order valence-electron chi connectivity index (χ2n) is 5.57. The van der Waals surface area contributed by atoms with Crippen molar-refractivity contribution in [1.29, 1.82) is 0 Å². The number of benzene rings is 1. The smallest absolute Gasteiger partial charge is 0.223 e. The van der Waals surface area contributed by atoms with Crippen molar-refractivity contribution in [1.82, 2.24) is 10.2 Å². The first-order chi connectivity index (χ1) is 9.69. The van der Waals surface area contributed by atoms with Crippen molar-refractivity contribution in [2.75, 3.05) is 19.6 Å². The van der Waals surface area contributed by atoms with E-state index in [1.54, 1.807) is 6.08 Å². The third-order valence-electron chi connectivity index (χ3n) is 3.91. The molecule has 20 heavy (non-hydrogen) atoms. The molecule has 1 N–H and O–H groups in total. The van der Waals surface area contributed by atoms with E-state index in [-0.39, 0.29) is 11.8 Å². The highest BCUT2D eigenvalue weighted by Crippen LogP contribution is 2.19. The Kier molecular flexibility index (Phi) is 5.36. The lowest BCUT2D eigenvalue weighted by molar-refractivity contribution is -0.126. The molecule has 0 spiro atoms. The molecule has 1 heterocycles. The lowest BCUT2D eigenvalue weighted by Crippen LogP contribution is -2.40. The number of likely N-dealkylation sites (tertiary alicyclic amines) is 1. The molecule has 1 aliphatic heterocycles. The highest BCUT2D eigenvalue weighted by Gasteiger charge is 2.24. The van der Waals surface area contributed by atoms with Crippen molar-refractivity contribution in [2.45, 2.75) is 26.3 Å². The Labute approximate surface area is 121 Å². The van der Waals surface area contributed by atoms with Crippen molar-refractivity contribution in [3.8, 4) is 0 Å². The summed E-state index contributed by atoms with van der Waals surface area (Å²) in [6.07, 6.45) is 3.63. The summed E-state index contributed by atoms with van der Waals surface area (Å²) < 4.78 is 0. The van der Waals surface area contributed by atoms with Crippen LogP contribution in [-0.4, -0.2) is 30.4 Å². The SMILES string of the molecule is C=CCNC(=O)C1CCN(Cc2ccc(C)cc2)CC1. The van der Waals surface area contributed by atoms with Gasteiger partial charge in [-0.05, 0) is 38.4 Å². The van der Waals surface area contributed by atoms with Crippen LogP contribution in [0.3, 0.4) is 0 Å². The molecule has 108 valence electrons. The highest BCUT2D eigenvalue weighted by atomic mass is 16.1. The lowest BCUT2D eigenvalue weighted by Gasteiger charge is -2.31. The molecule has 2 rings (SSSR count). The van der Waals surface area contributed by atoms with E-state index in [1.807, 2.05) is 0 Å². The van der Waals surface area contributed by atoms with Gasteiger partial charge in [-0.25, -0.2) is 0 Å². The molecule has 1 aromatic carbocycles. The number of hydrogen-bond acceptors (Lipinski definition) is 2. The van der Waals surface area contributed by atoms with Crippen LogP contribution in [0.1, 0.15) is 24.0 Å². The molecular weight excluding hydrogens is 248 g/mol. The van der Waals surface area contributed by atoms with Gasteiger partial charge < -0.3 is 5.32 Å². The summed E-state index contributed by atoms with van der Waals surface area (Å²) in [5.41, 5.74) is 2.65. The first-order valence-electron chi connectivity index (χ1n) is 7.35. The summed E-state index contributed by atoms with van der Waals surface area (Å²) in [7, 11) is 0. The second kappa shape index (κ2) is 7.25. The average Bonchev–Trinajstić information content (AvgIpc) is 2.48. The van der Waals surface area contributed by atoms with Crippen molar-refractivity contribution in [2.24, 2.45) is 5.92 Å². The van der Waals surface area contributed by atoms with E-state index in [0.29, 0.717) is 6.54 Å². The third-order valence-corrected chi connectivity index (χ3v) is 3.91. The van der Waals surface area contributed by atoms with E-state index in [2.05, 4.69) is 48.0 Å². The summed E-state index contributed by atoms with van der Waals surface area (Å²) in [5.74, 6) is 0.351. The maximum atomic E-state index is 11.9. The standard InChI is InChI=1S/C17H24N2O/c1-3-10-18-17(20)16-8-11-19(12-9-16)13-15-6-4-14(2)5-7-15/h3-7,16H,1,8-13H2,2H3,(H,18,20). The zero-order valence-electron chi connectivity index (χ0n) is 12.3. The fourth-order valence-electron chi connectivity index (χ4n) is 2.62. The molecule has 1 saturated heterocycles. The Balaban J connectivity index is 1.78.